The molecule has 1 atom stereocenters. The van der Waals surface area contributed by atoms with Crippen LogP contribution in [-0.2, 0) is 24.2 Å². The Balaban J connectivity index is 1.65. The van der Waals surface area contributed by atoms with E-state index >= 15 is 0 Å². The minimum atomic E-state index is 0.00650. The van der Waals surface area contributed by atoms with E-state index in [0.29, 0.717) is 18.1 Å². The Kier molecular flexibility index (Phi) is 4.19. The maximum Gasteiger partial charge on any atom is 0.224 e. The van der Waals surface area contributed by atoms with Gasteiger partial charge in [-0.05, 0) is 20.3 Å². The Labute approximate surface area is 135 Å². The van der Waals surface area contributed by atoms with E-state index in [4.69, 9.17) is 4.52 Å². The standard InChI is InChI=1S/C16H23N5O2/c1-9(2)16-19-18-14-6-5-12(8-21(14)16)17-15(22)7-13-10(3)20-23-11(13)4/h9,12H,5-8H2,1-4H3,(H,17,22). The molecule has 1 amide bonds. The molecule has 7 nitrogen and oxygen atoms in total. The number of aryl methyl sites for hydroxylation is 3. The van der Waals surface area contributed by atoms with Crippen LogP contribution in [0, 0.1) is 13.8 Å². The van der Waals surface area contributed by atoms with E-state index in [2.05, 4.69) is 39.1 Å². The zero-order valence-corrected chi connectivity index (χ0v) is 14.1. The maximum atomic E-state index is 12.3. The fourth-order valence-corrected chi connectivity index (χ4v) is 3.09. The first-order chi connectivity index (χ1) is 11.0. The van der Waals surface area contributed by atoms with Crippen LogP contribution in [0.15, 0.2) is 4.52 Å². The molecule has 1 N–H and O–H groups in total. The molecule has 2 aromatic heterocycles. The average molecular weight is 317 g/mol. The van der Waals surface area contributed by atoms with Crippen LogP contribution < -0.4 is 5.32 Å². The van der Waals surface area contributed by atoms with Crippen LogP contribution in [0.5, 0.6) is 0 Å². The highest BCUT2D eigenvalue weighted by Crippen LogP contribution is 2.20. The van der Waals surface area contributed by atoms with Gasteiger partial charge in [-0.1, -0.05) is 19.0 Å². The Morgan fingerprint density at radius 3 is 2.83 bits per heavy atom. The van der Waals surface area contributed by atoms with Crippen LogP contribution in [0.4, 0.5) is 0 Å². The maximum absolute atomic E-state index is 12.3. The van der Waals surface area contributed by atoms with Gasteiger partial charge in [0.2, 0.25) is 5.91 Å². The SMILES string of the molecule is Cc1noc(C)c1CC(=O)NC1CCc2nnc(C(C)C)n2C1. The minimum Gasteiger partial charge on any atom is -0.361 e. The summed E-state index contributed by atoms with van der Waals surface area (Å²) in [6.45, 7) is 8.65. The first-order valence-corrected chi connectivity index (χ1v) is 8.08. The molecule has 1 aliphatic rings. The molecule has 0 bridgehead atoms. The van der Waals surface area contributed by atoms with Gasteiger partial charge in [0, 0.05) is 30.5 Å². The second-order valence-electron chi connectivity index (χ2n) is 6.52. The summed E-state index contributed by atoms with van der Waals surface area (Å²) in [5, 5.41) is 15.5. The smallest absolute Gasteiger partial charge is 0.224 e. The molecule has 124 valence electrons. The van der Waals surface area contributed by atoms with Crippen molar-refractivity contribution in [2.45, 2.75) is 65.5 Å². The van der Waals surface area contributed by atoms with Crippen molar-refractivity contribution in [2.24, 2.45) is 0 Å². The van der Waals surface area contributed by atoms with Gasteiger partial charge >= 0.3 is 0 Å². The first-order valence-electron chi connectivity index (χ1n) is 8.08. The third-order valence-corrected chi connectivity index (χ3v) is 4.38. The van der Waals surface area contributed by atoms with Gasteiger partial charge in [0.1, 0.15) is 17.4 Å². The van der Waals surface area contributed by atoms with E-state index < -0.39 is 0 Å². The van der Waals surface area contributed by atoms with Crippen LogP contribution in [0.2, 0.25) is 0 Å². The quantitative estimate of drug-likeness (QED) is 0.927. The van der Waals surface area contributed by atoms with Crippen molar-refractivity contribution in [3.8, 4) is 0 Å². The number of rotatable bonds is 4. The highest BCUT2D eigenvalue weighted by atomic mass is 16.5. The Hall–Kier alpha value is -2.18. The zero-order chi connectivity index (χ0) is 16.6. The fourth-order valence-electron chi connectivity index (χ4n) is 3.09. The molecule has 0 saturated heterocycles. The number of fused-ring (bicyclic) bond motifs is 1. The van der Waals surface area contributed by atoms with Crippen LogP contribution in [0.3, 0.4) is 0 Å². The fraction of sp³-hybridized carbons (Fsp3) is 0.625. The molecule has 2 aromatic rings. The molecule has 0 aromatic carbocycles. The van der Waals surface area contributed by atoms with Crippen molar-refractivity contribution in [2.75, 3.05) is 0 Å². The summed E-state index contributed by atoms with van der Waals surface area (Å²) in [5.41, 5.74) is 1.66. The van der Waals surface area contributed by atoms with Crippen LogP contribution in [0.25, 0.3) is 0 Å². The zero-order valence-electron chi connectivity index (χ0n) is 14.1. The van der Waals surface area contributed by atoms with Gasteiger partial charge in [-0.2, -0.15) is 0 Å². The lowest BCUT2D eigenvalue weighted by molar-refractivity contribution is -0.121. The molecular weight excluding hydrogens is 294 g/mol. The summed E-state index contributed by atoms with van der Waals surface area (Å²) >= 11 is 0. The van der Waals surface area contributed by atoms with Crippen molar-refractivity contribution in [3.63, 3.8) is 0 Å². The lowest BCUT2D eigenvalue weighted by Crippen LogP contribution is -2.42. The number of aromatic nitrogens is 4. The second-order valence-corrected chi connectivity index (χ2v) is 6.52. The van der Waals surface area contributed by atoms with Gasteiger partial charge in [0.15, 0.2) is 0 Å². The molecule has 3 rings (SSSR count). The molecule has 0 fully saturated rings. The monoisotopic (exact) mass is 317 g/mol. The third-order valence-electron chi connectivity index (χ3n) is 4.38. The Bertz CT molecular complexity index is 697. The molecule has 23 heavy (non-hydrogen) atoms. The molecule has 0 aliphatic carbocycles. The minimum absolute atomic E-state index is 0.00650. The van der Waals surface area contributed by atoms with Crippen LogP contribution >= 0.6 is 0 Å². The van der Waals surface area contributed by atoms with E-state index in [9.17, 15) is 4.79 Å². The lowest BCUT2D eigenvalue weighted by atomic mass is 10.0. The number of hydrogen-bond donors (Lipinski definition) is 1. The predicted octanol–water partition coefficient (Wildman–Crippen LogP) is 1.68. The number of nitrogens with zero attached hydrogens (tertiary/aromatic N) is 4. The number of hydrogen-bond acceptors (Lipinski definition) is 5. The van der Waals surface area contributed by atoms with Crippen molar-refractivity contribution >= 4 is 5.91 Å². The van der Waals surface area contributed by atoms with Crippen molar-refractivity contribution in [1.29, 1.82) is 0 Å². The molecule has 7 heteroatoms. The predicted molar refractivity (Wildman–Crippen MR) is 84.0 cm³/mol. The average Bonchev–Trinajstić information content (AvgIpc) is 3.05. The second kappa shape index (κ2) is 6.14. The van der Waals surface area contributed by atoms with Gasteiger partial charge in [-0.3, -0.25) is 4.79 Å². The van der Waals surface area contributed by atoms with Crippen molar-refractivity contribution in [1.82, 2.24) is 25.2 Å². The molecule has 0 spiro atoms. The molecular formula is C16H23N5O2. The lowest BCUT2D eigenvalue weighted by Gasteiger charge is -2.26. The van der Waals surface area contributed by atoms with Crippen molar-refractivity contribution in [3.05, 3.63) is 28.7 Å². The summed E-state index contributed by atoms with van der Waals surface area (Å²) in [6, 6.07) is 0.115. The van der Waals surface area contributed by atoms with Gasteiger partial charge in [-0.25, -0.2) is 0 Å². The normalized spacial score (nSPS) is 17.3. The van der Waals surface area contributed by atoms with Gasteiger partial charge < -0.3 is 14.4 Å². The van der Waals surface area contributed by atoms with Gasteiger partial charge in [0.05, 0.1) is 12.1 Å². The third kappa shape index (κ3) is 3.13. The largest absolute Gasteiger partial charge is 0.361 e. The number of carbonyl (C=O) groups is 1. The van der Waals surface area contributed by atoms with E-state index in [0.717, 1.165) is 42.3 Å². The van der Waals surface area contributed by atoms with Crippen molar-refractivity contribution < 1.29 is 9.32 Å². The Morgan fingerprint density at radius 2 is 2.17 bits per heavy atom. The first kappa shape index (κ1) is 15.7. The number of nitrogens with one attached hydrogen (secondary N) is 1. The Morgan fingerprint density at radius 1 is 1.39 bits per heavy atom. The topological polar surface area (TPSA) is 85.8 Å². The van der Waals surface area contributed by atoms with Crippen LogP contribution in [-0.4, -0.2) is 31.9 Å². The number of amides is 1. The van der Waals surface area contributed by atoms with Crippen LogP contribution in [0.1, 0.15) is 54.9 Å². The van der Waals surface area contributed by atoms with E-state index in [-0.39, 0.29) is 11.9 Å². The molecule has 1 unspecified atom stereocenters. The highest BCUT2D eigenvalue weighted by molar-refractivity contribution is 5.79. The summed E-state index contributed by atoms with van der Waals surface area (Å²) in [7, 11) is 0. The molecule has 1 aliphatic heterocycles. The summed E-state index contributed by atoms with van der Waals surface area (Å²) in [4.78, 5) is 12.3. The summed E-state index contributed by atoms with van der Waals surface area (Å²) in [6.07, 6.45) is 2.04. The van der Waals surface area contributed by atoms with E-state index in [1.54, 1.807) is 0 Å². The molecule has 0 radical (unpaired) electrons. The summed E-state index contributed by atoms with van der Waals surface area (Å²) in [5.74, 6) is 3.05. The summed E-state index contributed by atoms with van der Waals surface area (Å²) < 4.78 is 7.26. The van der Waals surface area contributed by atoms with E-state index in [1.807, 2.05) is 13.8 Å². The molecule has 0 saturated carbocycles. The highest BCUT2D eigenvalue weighted by Gasteiger charge is 2.25. The number of carbonyl (C=O) groups excluding carboxylic acids is 1. The van der Waals surface area contributed by atoms with Gasteiger partial charge in [-0.15, -0.1) is 10.2 Å². The van der Waals surface area contributed by atoms with Gasteiger partial charge in [0.25, 0.3) is 0 Å². The van der Waals surface area contributed by atoms with E-state index in [1.165, 1.54) is 0 Å². The molecule has 3 heterocycles.